The second-order valence-electron chi connectivity index (χ2n) is 3.51. The summed E-state index contributed by atoms with van der Waals surface area (Å²) in [7, 11) is 0. The molecule has 0 aliphatic heterocycles. The summed E-state index contributed by atoms with van der Waals surface area (Å²) >= 11 is 3.27. The number of aromatic nitrogens is 2. The molecule has 0 aliphatic rings. The molecule has 2 heterocycles. The smallest absolute Gasteiger partial charge is 0.274 e. The maximum absolute atomic E-state index is 11.9. The number of amides is 1. The van der Waals surface area contributed by atoms with Crippen LogP contribution in [0.1, 0.15) is 16.1 Å². The molecular weight excluding hydrogens is 282 g/mol. The topological polar surface area (TPSA) is 54.9 Å². The fraction of sp³-hybridized carbons (Fsp3) is 0.0833. The monoisotopic (exact) mass is 291 g/mol. The summed E-state index contributed by atoms with van der Waals surface area (Å²) in [4.78, 5) is 19.9. The Bertz CT molecular complexity index is 540. The number of hydrogen-bond acceptors (Lipinski definition) is 3. The number of carbonyl (C=O) groups is 1. The minimum Gasteiger partial charge on any atom is -0.320 e. The summed E-state index contributed by atoms with van der Waals surface area (Å²) in [5.41, 5.74) is 2.04. The summed E-state index contributed by atoms with van der Waals surface area (Å²) in [6, 6.07) is 5.20. The van der Waals surface area contributed by atoms with Gasteiger partial charge in [0.25, 0.3) is 5.91 Å². The van der Waals surface area contributed by atoms with E-state index in [4.69, 9.17) is 0 Å². The molecule has 2 aromatic heterocycles. The van der Waals surface area contributed by atoms with Crippen LogP contribution in [-0.4, -0.2) is 15.9 Å². The molecular formula is C12H10BrN3O. The molecule has 0 radical (unpaired) electrons. The number of nitrogens with zero attached hydrogens (tertiary/aromatic N) is 2. The molecule has 5 heteroatoms. The van der Waals surface area contributed by atoms with E-state index in [1.807, 2.05) is 6.92 Å². The molecule has 0 spiro atoms. The highest BCUT2D eigenvalue weighted by atomic mass is 79.9. The van der Waals surface area contributed by atoms with E-state index in [9.17, 15) is 4.79 Å². The summed E-state index contributed by atoms with van der Waals surface area (Å²) in [6.07, 6.45) is 4.93. The first-order valence-electron chi connectivity index (χ1n) is 5.00. The van der Waals surface area contributed by atoms with Crippen LogP contribution in [0.15, 0.2) is 41.3 Å². The predicted molar refractivity (Wildman–Crippen MR) is 68.9 cm³/mol. The van der Waals surface area contributed by atoms with Gasteiger partial charge in [-0.05, 0) is 46.6 Å². The molecule has 1 amide bonds. The maximum atomic E-state index is 11.9. The van der Waals surface area contributed by atoms with Crippen molar-refractivity contribution >= 4 is 27.5 Å². The lowest BCUT2D eigenvalue weighted by atomic mass is 10.2. The van der Waals surface area contributed by atoms with E-state index in [1.165, 1.54) is 0 Å². The SMILES string of the molecule is Cc1cnccc1NC(=O)c1ccc(Br)cn1. The Labute approximate surface area is 107 Å². The number of halogens is 1. The first-order valence-corrected chi connectivity index (χ1v) is 5.79. The summed E-state index contributed by atoms with van der Waals surface area (Å²) in [6.45, 7) is 1.89. The van der Waals surface area contributed by atoms with Crippen molar-refractivity contribution in [2.24, 2.45) is 0 Å². The van der Waals surface area contributed by atoms with Crippen molar-refractivity contribution in [3.05, 3.63) is 52.5 Å². The number of carbonyl (C=O) groups excluding carboxylic acids is 1. The van der Waals surface area contributed by atoms with Crippen molar-refractivity contribution in [2.45, 2.75) is 6.92 Å². The van der Waals surface area contributed by atoms with Gasteiger partial charge in [0.2, 0.25) is 0 Å². The Balaban J connectivity index is 2.17. The van der Waals surface area contributed by atoms with Gasteiger partial charge in [0.15, 0.2) is 0 Å². The molecule has 0 atom stereocenters. The molecule has 0 unspecified atom stereocenters. The number of rotatable bonds is 2. The van der Waals surface area contributed by atoms with E-state index in [-0.39, 0.29) is 5.91 Å². The molecule has 2 rings (SSSR count). The quantitative estimate of drug-likeness (QED) is 0.926. The minimum atomic E-state index is -0.230. The third kappa shape index (κ3) is 2.88. The lowest BCUT2D eigenvalue weighted by molar-refractivity contribution is 0.102. The van der Waals surface area contributed by atoms with Crippen molar-refractivity contribution in [3.8, 4) is 0 Å². The zero-order valence-corrected chi connectivity index (χ0v) is 10.7. The first kappa shape index (κ1) is 11.7. The number of hydrogen-bond donors (Lipinski definition) is 1. The van der Waals surface area contributed by atoms with Crippen molar-refractivity contribution in [1.82, 2.24) is 9.97 Å². The zero-order valence-electron chi connectivity index (χ0n) is 9.14. The molecule has 2 aromatic rings. The first-order chi connectivity index (χ1) is 8.16. The maximum Gasteiger partial charge on any atom is 0.274 e. The normalized spacial score (nSPS) is 10.0. The number of pyridine rings is 2. The van der Waals surface area contributed by atoms with Gasteiger partial charge in [-0.2, -0.15) is 0 Å². The van der Waals surface area contributed by atoms with Crippen LogP contribution in [-0.2, 0) is 0 Å². The lowest BCUT2D eigenvalue weighted by Crippen LogP contribution is -2.14. The molecule has 0 bridgehead atoms. The molecule has 0 saturated carbocycles. The highest BCUT2D eigenvalue weighted by Crippen LogP contribution is 2.13. The molecule has 0 aliphatic carbocycles. The molecule has 86 valence electrons. The summed E-state index contributed by atoms with van der Waals surface area (Å²) < 4.78 is 0.842. The van der Waals surface area contributed by atoms with Crippen LogP contribution in [0.4, 0.5) is 5.69 Å². The third-order valence-electron chi connectivity index (χ3n) is 2.23. The van der Waals surface area contributed by atoms with E-state index in [1.54, 1.807) is 36.8 Å². The molecule has 1 N–H and O–H groups in total. The van der Waals surface area contributed by atoms with Gasteiger partial charge in [-0.15, -0.1) is 0 Å². The van der Waals surface area contributed by atoms with Gasteiger partial charge in [0, 0.05) is 28.8 Å². The van der Waals surface area contributed by atoms with Crippen LogP contribution in [0.3, 0.4) is 0 Å². The number of anilines is 1. The average molecular weight is 292 g/mol. The Hall–Kier alpha value is -1.75. The van der Waals surface area contributed by atoms with Gasteiger partial charge < -0.3 is 5.32 Å². The number of nitrogens with one attached hydrogen (secondary N) is 1. The fourth-order valence-corrected chi connectivity index (χ4v) is 1.54. The van der Waals surface area contributed by atoms with Crippen molar-refractivity contribution in [3.63, 3.8) is 0 Å². The van der Waals surface area contributed by atoms with Gasteiger partial charge >= 0.3 is 0 Å². The Morgan fingerprint density at radius 2 is 2.12 bits per heavy atom. The standard InChI is InChI=1S/C12H10BrN3O/c1-8-6-14-5-4-10(8)16-12(17)11-3-2-9(13)7-15-11/h2-7H,1H3,(H,14,16,17). The third-order valence-corrected chi connectivity index (χ3v) is 2.70. The zero-order chi connectivity index (χ0) is 12.3. The van der Waals surface area contributed by atoms with Gasteiger partial charge in [-0.3, -0.25) is 9.78 Å². The van der Waals surface area contributed by atoms with E-state index in [0.29, 0.717) is 5.69 Å². The lowest BCUT2D eigenvalue weighted by Gasteiger charge is -2.06. The minimum absolute atomic E-state index is 0.230. The van der Waals surface area contributed by atoms with Crippen LogP contribution in [0.5, 0.6) is 0 Å². The average Bonchev–Trinajstić information content (AvgIpc) is 2.33. The van der Waals surface area contributed by atoms with Crippen LogP contribution in [0.2, 0.25) is 0 Å². The second kappa shape index (κ2) is 5.05. The van der Waals surface area contributed by atoms with Crippen molar-refractivity contribution < 1.29 is 4.79 Å². The fourth-order valence-electron chi connectivity index (χ4n) is 1.31. The highest BCUT2D eigenvalue weighted by Gasteiger charge is 2.08. The Kier molecular flexibility index (Phi) is 3.49. The molecule has 0 aromatic carbocycles. The van der Waals surface area contributed by atoms with Crippen LogP contribution in [0.25, 0.3) is 0 Å². The second-order valence-corrected chi connectivity index (χ2v) is 4.42. The van der Waals surface area contributed by atoms with Crippen molar-refractivity contribution in [1.29, 1.82) is 0 Å². The van der Waals surface area contributed by atoms with Crippen LogP contribution < -0.4 is 5.32 Å². The van der Waals surface area contributed by atoms with Gasteiger partial charge in [0.1, 0.15) is 5.69 Å². The Morgan fingerprint density at radius 1 is 1.29 bits per heavy atom. The van der Waals surface area contributed by atoms with E-state index >= 15 is 0 Å². The molecule has 4 nitrogen and oxygen atoms in total. The summed E-state index contributed by atoms with van der Waals surface area (Å²) in [5, 5.41) is 2.79. The molecule has 0 saturated heterocycles. The van der Waals surface area contributed by atoms with Crippen LogP contribution >= 0.6 is 15.9 Å². The van der Waals surface area contributed by atoms with E-state index < -0.39 is 0 Å². The van der Waals surface area contributed by atoms with Crippen molar-refractivity contribution in [2.75, 3.05) is 5.32 Å². The highest BCUT2D eigenvalue weighted by molar-refractivity contribution is 9.10. The van der Waals surface area contributed by atoms with E-state index in [2.05, 4.69) is 31.2 Å². The molecule has 0 fully saturated rings. The largest absolute Gasteiger partial charge is 0.320 e. The van der Waals surface area contributed by atoms with Gasteiger partial charge in [0.05, 0.1) is 0 Å². The Morgan fingerprint density at radius 3 is 2.76 bits per heavy atom. The predicted octanol–water partition coefficient (Wildman–Crippen LogP) is 2.80. The van der Waals surface area contributed by atoms with Gasteiger partial charge in [-0.25, -0.2) is 4.98 Å². The molecule has 17 heavy (non-hydrogen) atoms. The van der Waals surface area contributed by atoms with Crippen LogP contribution in [0, 0.1) is 6.92 Å². The van der Waals surface area contributed by atoms with Gasteiger partial charge in [-0.1, -0.05) is 0 Å². The number of aryl methyl sites for hydroxylation is 1. The summed E-state index contributed by atoms with van der Waals surface area (Å²) in [5.74, 6) is -0.230. The van der Waals surface area contributed by atoms with E-state index in [0.717, 1.165) is 15.7 Å².